The monoisotopic (exact) mass is 450 g/mol. The zero-order valence-corrected chi connectivity index (χ0v) is 17.9. The third kappa shape index (κ3) is 6.12. The van der Waals surface area contributed by atoms with Crippen LogP contribution in [0.2, 0.25) is 5.02 Å². The second kappa shape index (κ2) is 9.95. The van der Waals surface area contributed by atoms with E-state index in [1.54, 1.807) is 18.2 Å². The number of hydrogen-bond donors (Lipinski definition) is 1. The molecule has 0 saturated heterocycles. The van der Waals surface area contributed by atoms with Crippen molar-refractivity contribution < 1.29 is 14.6 Å². The zero-order valence-electron chi connectivity index (χ0n) is 15.6. The third-order valence-electron chi connectivity index (χ3n) is 4.24. The standard InChI is InChI=1S/C22H24BrClO3/c1-4-5-6-16(25)13-27-17-11-20(23)19(21(24)12-17)10-15-7-8-22(26)18(9-15)14(2)3/h4,7-9,11-12,14,26H,1,5-6,10,13H2,2-3H3. The number of ether oxygens (including phenoxy) is 1. The van der Waals surface area contributed by atoms with Crippen LogP contribution in [0, 0.1) is 0 Å². The maximum atomic E-state index is 11.7. The van der Waals surface area contributed by atoms with Gasteiger partial charge in [-0.15, -0.1) is 6.58 Å². The number of Topliss-reactive ketones (excluding diaryl/α,β-unsaturated/α-hetero) is 1. The number of carbonyl (C=O) groups is 1. The molecule has 0 spiro atoms. The SMILES string of the molecule is C=CCCC(=O)COc1cc(Cl)c(Cc2ccc(O)c(C(C)C)c2)c(Br)c1. The number of carbonyl (C=O) groups excluding carboxylic acids is 1. The molecule has 144 valence electrons. The van der Waals surface area contributed by atoms with Crippen LogP contribution in [-0.4, -0.2) is 17.5 Å². The first-order valence-corrected chi connectivity index (χ1v) is 10.0. The van der Waals surface area contributed by atoms with Crippen molar-refractivity contribution in [3.05, 3.63) is 69.2 Å². The summed E-state index contributed by atoms with van der Waals surface area (Å²) >= 11 is 10.0. The Hall–Kier alpha value is -1.78. The van der Waals surface area contributed by atoms with E-state index in [1.807, 2.05) is 32.0 Å². The number of hydrogen-bond acceptors (Lipinski definition) is 3. The molecule has 0 amide bonds. The molecule has 2 aromatic carbocycles. The molecule has 2 aromatic rings. The Balaban J connectivity index is 2.14. The van der Waals surface area contributed by atoms with Gasteiger partial charge in [-0.1, -0.05) is 59.6 Å². The fourth-order valence-electron chi connectivity index (χ4n) is 2.71. The van der Waals surface area contributed by atoms with Gasteiger partial charge in [-0.25, -0.2) is 0 Å². The van der Waals surface area contributed by atoms with Crippen molar-refractivity contribution in [3.8, 4) is 11.5 Å². The molecule has 5 heteroatoms. The minimum Gasteiger partial charge on any atom is -0.508 e. The summed E-state index contributed by atoms with van der Waals surface area (Å²) in [5.74, 6) is 1.12. The van der Waals surface area contributed by atoms with E-state index < -0.39 is 0 Å². The Morgan fingerprint density at radius 1 is 1.33 bits per heavy atom. The molecule has 0 bridgehead atoms. The number of allylic oxidation sites excluding steroid dienone is 1. The van der Waals surface area contributed by atoms with Crippen molar-refractivity contribution in [3.63, 3.8) is 0 Å². The predicted molar refractivity (Wildman–Crippen MR) is 114 cm³/mol. The summed E-state index contributed by atoms with van der Waals surface area (Å²) in [7, 11) is 0. The lowest BCUT2D eigenvalue weighted by Crippen LogP contribution is -2.10. The summed E-state index contributed by atoms with van der Waals surface area (Å²) in [6.07, 6.45) is 3.41. The lowest BCUT2D eigenvalue weighted by Gasteiger charge is -2.14. The number of rotatable bonds is 9. The molecular formula is C22H24BrClO3. The van der Waals surface area contributed by atoms with E-state index in [4.69, 9.17) is 16.3 Å². The summed E-state index contributed by atoms with van der Waals surface area (Å²) in [4.78, 5) is 11.7. The highest BCUT2D eigenvalue weighted by atomic mass is 79.9. The number of phenolic OH excluding ortho intramolecular Hbond substituents is 1. The zero-order chi connectivity index (χ0) is 20.0. The minimum absolute atomic E-state index is 0.0195. The molecule has 0 aliphatic carbocycles. The summed E-state index contributed by atoms with van der Waals surface area (Å²) in [5.41, 5.74) is 2.91. The summed E-state index contributed by atoms with van der Waals surface area (Å²) < 4.78 is 6.39. The average molecular weight is 452 g/mol. The van der Waals surface area contributed by atoms with Crippen LogP contribution < -0.4 is 4.74 Å². The summed E-state index contributed by atoms with van der Waals surface area (Å²) in [6, 6.07) is 9.18. The van der Waals surface area contributed by atoms with Gasteiger partial charge < -0.3 is 9.84 Å². The van der Waals surface area contributed by atoms with Crippen molar-refractivity contribution in [2.75, 3.05) is 6.61 Å². The molecule has 27 heavy (non-hydrogen) atoms. The smallest absolute Gasteiger partial charge is 0.170 e. The van der Waals surface area contributed by atoms with Crippen molar-refractivity contribution >= 4 is 33.3 Å². The summed E-state index contributed by atoms with van der Waals surface area (Å²) in [6.45, 7) is 7.72. The molecule has 0 aromatic heterocycles. The van der Waals surface area contributed by atoms with Crippen LogP contribution >= 0.6 is 27.5 Å². The first kappa shape index (κ1) is 21.5. The van der Waals surface area contributed by atoms with Gasteiger partial charge in [0.15, 0.2) is 5.78 Å². The molecule has 2 rings (SSSR count). The van der Waals surface area contributed by atoms with E-state index in [0.717, 1.165) is 21.2 Å². The van der Waals surface area contributed by atoms with E-state index in [2.05, 4.69) is 22.5 Å². The van der Waals surface area contributed by atoms with E-state index >= 15 is 0 Å². The maximum Gasteiger partial charge on any atom is 0.170 e. The van der Waals surface area contributed by atoms with E-state index in [9.17, 15) is 9.90 Å². The Labute approximate surface area is 174 Å². The Morgan fingerprint density at radius 2 is 2.07 bits per heavy atom. The Bertz CT molecular complexity index is 807. The third-order valence-corrected chi connectivity index (χ3v) is 5.28. The van der Waals surface area contributed by atoms with Crippen molar-refractivity contribution in [2.24, 2.45) is 0 Å². The molecule has 0 unspecified atom stereocenters. The van der Waals surface area contributed by atoms with Crippen molar-refractivity contribution in [1.29, 1.82) is 0 Å². The molecular weight excluding hydrogens is 428 g/mol. The molecule has 3 nitrogen and oxygen atoms in total. The van der Waals surface area contributed by atoms with Crippen LogP contribution in [0.1, 0.15) is 49.3 Å². The molecule has 0 radical (unpaired) electrons. The number of ketones is 1. The van der Waals surface area contributed by atoms with Gasteiger partial charge >= 0.3 is 0 Å². The van der Waals surface area contributed by atoms with Crippen LogP contribution in [0.4, 0.5) is 0 Å². The fourth-order valence-corrected chi connectivity index (χ4v) is 3.68. The van der Waals surface area contributed by atoms with Crippen LogP contribution in [-0.2, 0) is 11.2 Å². The molecule has 1 N–H and O–H groups in total. The van der Waals surface area contributed by atoms with Gasteiger partial charge in [0.25, 0.3) is 0 Å². The highest BCUT2D eigenvalue weighted by Crippen LogP contribution is 2.34. The fraction of sp³-hybridized carbons (Fsp3) is 0.318. The quantitative estimate of drug-likeness (QED) is 0.446. The topological polar surface area (TPSA) is 46.5 Å². The van der Waals surface area contributed by atoms with Crippen molar-refractivity contribution in [1.82, 2.24) is 0 Å². The first-order valence-electron chi connectivity index (χ1n) is 8.87. The molecule has 0 heterocycles. The molecule has 0 saturated carbocycles. The average Bonchev–Trinajstić information content (AvgIpc) is 2.62. The van der Waals surface area contributed by atoms with E-state index in [0.29, 0.717) is 35.8 Å². The second-order valence-electron chi connectivity index (χ2n) is 6.74. The second-order valence-corrected chi connectivity index (χ2v) is 8.01. The normalized spacial score (nSPS) is 10.9. The lowest BCUT2D eigenvalue weighted by molar-refractivity contribution is -0.120. The number of halogens is 2. The largest absolute Gasteiger partial charge is 0.508 e. The highest BCUT2D eigenvalue weighted by Gasteiger charge is 2.13. The van der Waals surface area contributed by atoms with Gasteiger partial charge in [0.1, 0.15) is 18.1 Å². The first-order chi connectivity index (χ1) is 12.8. The Morgan fingerprint density at radius 3 is 2.70 bits per heavy atom. The van der Waals surface area contributed by atoms with Gasteiger partial charge in [0.05, 0.1) is 0 Å². The van der Waals surface area contributed by atoms with Gasteiger partial charge in [-0.2, -0.15) is 0 Å². The lowest BCUT2D eigenvalue weighted by atomic mass is 9.96. The summed E-state index contributed by atoms with van der Waals surface area (Å²) in [5, 5.41) is 10.6. The van der Waals surface area contributed by atoms with Gasteiger partial charge in [-0.3, -0.25) is 4.79 Å². The molecule has 0 aliphatic heterocycles. The minimum atomic E-state index is 0.0195. The van der Waals surface area contributed by atoms with Crippen LogP contribution in [0.5, 0.6) is 11.5 Å². The molecule has 0 fully saturated rings. The Kier molecular flexibility index (Phi) is 7.93. The number of aromatic hydroxyl groups is 1. The van der Waals surface area contributed by atoms with Crippen LogP contribution in [0.25, 0.3) is 0 Å². The molecule has 0 atom stereocenters. The predicted octanol–water partition coefficient (Wildman–Crippen LogP) is 6.44. The van der Waals surface area contributed by atoms with E-state index in [-0.39, 0.29) is 18.3 Å². The van der Waals surface area contributed by atoms with Gasteiger partial charge in [-0.05, 0) is 47.2 Å². The van der Waals surface area contributed by atoms with Crippen molar-refractivity contribution in [2.45, 2.75) is 39.0 Å². The maximum absolute atomic E-state index is 11.7. The number of phenols is 1. The van der Waals surface area contributed by atoms with Gasteiger partial charge in [0, 0.05) is 22.3 Å². The highest BCUT2D eigenvalue weighted by molar-refractivity contribution is 9.10. The van der Waals surface area contributed by atoms with Gasteiger partial charge in [0.2, 0.25) is 0 Å². The molecule has 0 aliphatic rings. The van der Waals surface area contributed by atoms with E-state index in [1.165, 1.54) is 0 Å². The van der Waals surface area contributed by atoms with Crippen LogP contribution in [0.15, 0.2) is 47.5 Å². The van der Waals surface area contributed by atoms with Crippen LogP contribution in [0.3, 0.4) is 0 Å². The number of benzene rings is 2.